The van der Waals surface area contributed by atoms with Gasteiger partial charge in [0.05, 0.1) is 10.6 Å². The predicted octanol–water partition coefficient (Wildman–Crippen LogP) is 6.28. The molecule has 1 aliphatic rings. The maximum absolute atomic E-state index is 13.3. The van der Waals surface area contributed by atoms with Crippen molar-refractivity contribution < 1.29 is 17.6 Å². The van der Waals surface area contributed by atoms with E-state index in [4.69, 9.17) is 16.0 Å². The molecule has 0 radical (unpaired) electrons. The number of alkyl halides is 3. The second-order valence-electron chi connectivity index (χ2n) is 6.71. The maximum atomic E-state index is 13.3. The highest BCUT2D eigenvalue weighted by molar-refractivity contribution is 6.36. The fourth-order valence-electron chi connectivity index (χ4n) is 2.54. The van der Waals surface area contributed by atoms with Crippen LogP contribution in [0.15, 0.2) is 16.5 Å². The molecule has 0 amide bonds. The molecular formula is C16H16ClF3O. The van der Waals surface area contributed by atoms with E-state index >= 15 is 0 Å². The molecule has 5 heteroatoms. The number of fused-ring (bicyclic) bond motifs is 1. The number of hydrogen-bond acceptors (Lipinski definition) is 1. The Hall–Kier alpha value is -1.16. The summed E-state index contributed by atoms with van der Waals surface area (Å²) in [6.07, 6.45) is -2.58. The van der Waals surface area contributed by atoms with Crippen molar-refractivity contribution in [3.05, 3.63) is 34.0 Å². The second kappa shape index (κ2) is 4.42. The van der Waals surface area contributed by atoms with Gasteiger partial charge < -0.3 is 4.42 Å². The van der Waals surface area contributed by atoms with Crippen LogP contribution in [0.5, 0.6) is 0 Å². The Morgan fingerprint density at radius 2 is 1.76 bits per heavy atom. The number of benzene rings is 1. The van der Waals surface area contributed by atoms with Gasteiger partial charge in [-0.15, -0.1) is 0 Å². The van der Waals surface area contributed by atoms with Crippen molar-refractivity contribution in [2.75, 3.05) is 0 Å². The van der Waals surface area contributed by atoms with Crippen molar-refractivity contribution in [3.8, 4) is 0 Å². The monoisotopic (exact) mass is 316 g/mol. The average molecular weight is 317 g/mol. The van der Waals surface area contributed by atoms with Gasteiger partial charge in [-0.2, -0.15) is 13.2 Å². The SMILES string of the molecule is CC(C)(C)c1oc2c(C(F)(F)F)cc(C3CC3)cc2c1Cl. The fraction of sp³-hybridized carbons (Fsp3) is 0.500. The van der Waals surface area contributed by atoms with Crippen LogP contribution in [-0.2, 0) is 11.6 Å². The van der Waals surface area contributed by atoms with Crippen LogP contribution in [0.4, 0.5) is 13.2 Å². The summed E-state index contributed by atoms with van der Waals surface area (Å²) in [6.45, 7) is 5.60. The molecule has 1 nitrogen and oxygen atoms in total. The highest BCUT2D eigenvalue weighted by atomic mass is 35.5. The van der Waals surface area contributed by atoms with E-state index in [-0.39, 0.29) is 11.5 Å². The standard InChI is InChI=1S/C16H16ClF3O/c1-15(2,3)14-12(17)10-6-9(8-4-5-8)7-11(13(10)21-14)16(18,19)20/h6-8H,4-5H2,1-3H3. The Kier molecular flexibility index (Phi) is 3.11. The zero-order valence-corrected chi connectivity index (χ0v) is 12.8. The summed E-state index contributed by atoms with van der Waals surface area (Å²) in [5.74, 6) is 0.622. The maximum Gasteiger partial charge on any atom is 0.420 e. The first-order chi connectivity index (χ1) is 9.59. The van der Waals surface area contributed by atoms with Crippen molar-refractivity contribution in [1.29, 1.82) is 0 Å². The summed E-state index contributed by atoms with van der Waals surface area (Å²) >= 11 is 6.30. The van der Waals surface area contributed by atoms with Gasteiger partial charge in [0.25, 0.3) is 0 Å². The van der Waals surface area contributed by atoms with E-state index in [0.29, 0.717) is 21.7 Å². The Labute approximate surface area is 126 Å². The third-order valence-electron chi connectivity index (χ3n) is 3.79. The fourth-order valence-corrected chi connectivity index (χ4v) is 3.00. The quantitative estimate of drug-likeness (QED) is 0.603. The van der Waals surface area contributed by atoms with E-state index in [2.05, 4.69) is 0 Å². The highest BCUT2D eigenvalue weighted by Gasteiger charge is 2.38. The molecule has 1 aliphatic carbocycles. The summed E-state index contributed by atoms with van der Waals surface area (Å²) in [4.78, 5) is 0. The van der Waals surface area contributed by atoms with Gasteiger partial charge >= 0.3 is 6.18 Å². The summed E-state index contributed by atoms with van der Waals surface area (Å²) < 4.78 is 45.5. The lowest BCUT2D eigenvalue weighted by atomic mass is 9.93. The largest absolute Gasteiger partial charge is 0.458 e. The van der Waals surface area contributed by atoms with Gasteiger partial charge in [-0.05, 0) is 36.5 Å². The second-order valence-corrected chi connectivity index (χ2v) is 7.09. The molecule has 1 saturated carbocycles. The topological polar surface area (TPSA) is 13.1 Å². The molecule has 0 saturated heterocycles. The minimum absolute atomic E-state index is 0.151. The number of hydrogen-bond donors (Lipinski definition) is 0. The van der Waals surface area contributed by atoms with Crippen LogP contribution in [0.25, 0.3) is 11.0 Å². The van der Waals surface area contributed by atoms with Crippen LogP contribution in [0.2, 0.25) is 5.02 Å². The third kappa shape index (κ3) is 2.54. The van der Waals surface area contributed by atoms with Crippen molar-refractivity contribution >= 4 is 22.6 Å². The van der Waals surface area contributed by atoms with E-state index in [1.807, 2.05) is 20.8 Å². The highest BCUT2D eigenvalue weighted by Crippen LogP contribution is 2.48. The Bertz CT molecular complexity index is 703. The molecule has 3 rings (SSSR count). The molecule has 1 aromatic carbocycles. The van der Waals surface area contributed by atoms with Gasteiger partial charge in [0.1, 0.15) is 11.3 Å². The zero-order valence-electron chi connectivity index (χ0n) is 12.1. The average Bonchev–Trinajstić information content (AvgIpc) is 3.11. The molecular weight excluding hydrogens is 301 g/mol. The first kappa shape index (κ1) is 14.8. The van der Waals surface area contributed by atoms with Gasteiger partial charge in [0, 0.05) is 10.8 Å². The minimum Gasteiger partial charge on any atom is -0.458 e. The van der Waals surface area contributed by atoms with Crippen molar-refractivity contribution in [1.82, 2.24) is 0 Å². The van der Waals surface area contributed by atoms with Crippen LogP contribution < -0.4 is 0 Å². The molecule has 0 unspecified atom stereocenters. The predicted molar refractivity (Wildman–Crippen MR) is 76.9 cm³/mol. The number of rotatable bonds is 1. The van der Waals surface area contributed by atoms with Gasteiger partial charge in [-0.3, -0.25) is 0 Å². The summed E-state index contributed by atoms with van der Waals surface area (Å²) in [5, 5.41) is 0.670. The molecule has 1 heterocycles. The Balaban J connectivity index is 2.33. The Morgan fingerprint density at radius 1 is 1.14 bits per heavy atom. The molecule has 114 valence electrons. The van der Waals surface area contributed by atoms with Gasteiger partial charge in [0.2, 0.25) is 0 Å². The first-order valence-electron chi connectivity index (χ1n) is 6.92. The van der Waals surface area contributed by atoms with Crippen molar-refractivity contribution in [2.24, 2.45) is 0 Å². The first-order valence-corrected chi connectivity index (χ1v) is 7.30. The van der Waals surface area contributed by atoms with Crippen LogP contribution in [0, 0.1) is 0 Å². The van der Waals surface area contributed by atoms with Gasteiger partial charge in [-0.1, -0.05) is 32.4 Å². The Morgan fingerprint density at radius 3 is 2.24 bits per heavy atom. The third-order valence-corrected chi connectivity index (χ3v) is 4.16. The summed E-state index contributed by atoms with van der Waals surface area (Å²) in [7, 11) is 0. The van der Waals surface area contributed by atoms with E-state index in [0.717, 1.165) is 12.8 Å². The van der Waals surface area contributed by atoms with Crippen LogP contribution in [-0.4, -0.2) is 0 Å². The van der Waals surface area contributed by atoms with Crippen LogP contribution in [0.1, 0.15) is 56.4 Å². The van der Waals surface area contributed by atoms with Crippen LogP contribution >= 0.6 is 11.6 Å². The van der Waals surface area contributed by atoms with Crippen LogP contribution in [0.3, 0.4) is 0 Å². The molecule has 0 N–H and O–H groups in total. The zero-order chi connectivity index (χ0) is 15.6. The van der Waals surface area contributed by atoms with E-state index < -0.39 is 17.2 Å². The number of furan rings is 1. The smallest absolute Gasteiger partial charge is 0.420 e. The lowest BCUT2D eigenvalue weighted by Gasteiger charge is -2.15. The molecule has 0 aliphatic heterocycles. The normalized spacial score (nSPS) is 16.7. The molecule has 2 aromatic rings. The summed E-state index contributed by atoms with van der Waals surface area (Å²) in [6, 6.07) is 2.97. The van der Waals surface area contributed by atoms with Crippen molar-refractivity contribution in [3.63, 3.8) is 0 Å². The molecule has 1 fully saturated rings. The molecule has 21 heavy (non-hydrogen) atoms. The molecule has 0 bridgehead atoms. The lowest BCUT2D eigenvalue weighted by Crippen LogP contribution is -2.10. The van der Waals surface area contributed by atoms with Gasteiger partial charge in [0.15, 0.2) is 0 Å². The minimum atomic E-state index is -4.44. The summed E-state index contributed by atoms with van der Waals surface area (Å²) in [5.41, 5.74) is -0.613. The van der Waals surface area contributed by atoms with Crippen molar-refractivity contribution in [2.45, 2.75) is 51.1 Å². The lowest BCUT2D eigenvalue weighted by molar-refractivity contribution is -0.136. The van der Waals surface area contributed by atoms with E-state index in [9.17, 15) is 13.2 Å². The van der Waals surface area contributed by atoms with E-state index in [1.54, 1.807) is 6.07 Å². The molecule has 0 spiro atoms. The number of halogens is 4. The molecule has 1 aromatic heterocycles. The van der Waals surface area contributed by atoms with E-state index in [1.165, 1.54) is 6.07 Å². The molecule has 0 atom stereocenters. The van der Waals surface area contributed by atoms with Gasteiger partial charge in [-0.25, -0.2) is 0 Å².